The van der Waals surface area contributed by atoms with Crippen LogP contribution in [0.1, 0.15) is 22.5 Å². The summed E-state index contributed by atoms with van der Waals surface area (Å²) in [6, 6.07) is 31.9. The van der Waals surface area contributed by atoms with Gasteiger partial charge in [-0.1, -0.05) is 72.8 Å². The van der Waals surface area contributed by atoms with Gasteiger partial charge in [0.05, 0.1) is 22.8 Å². The number of aromatic nitrogens is 2. The smallest absolute Gasteiger partial charge is 0.236 e. The molecule has 138 valence electrons. The van der Waals surface area contributed by atoms with Crippen molar-refractivity contribution in [3.8, 4) is 0 Å². The highest BCUT2D eigenvalue weighted by atomic mass is 15.2. The Bertz CT molecular complexity index is 1070. The van der Waals surface area contributed by atoms with E-state index in [1.165, 1.54) is 0 Å². The summed E-state index contributed by atoms with van der Waals surface area (Å²) < 4.78 is 0. The third-order valence-corrected chi connectivity index (χ3v) is 4.91. The topological polar surface area (TPSA) is 50.5 Å². The molecule has 0 saturated carbocycles. The van der Waals surface area contributed by atoms with Crippen LogP contribution in [0.4, 0.5) is 0 Å². The molecule has 2 aromatic carbocycles. The van der Waals surface area contributed by atoms with Crippen molar-refractivity contribution in [1.82, 2.24) is 9.97 Å². The van der Waals surface area contributed by atoms with Crippen molar-refractivity contribution >= 4 is 11.4 Å². The Balaban J connectivity index is 1.81. The van der Waals surface area contributed by atoms with E-state index in [4.69, 9.17) is 9.98 Å². The first-order chi connectivity index (χ1) is 14.4. The maximum Gasteiger partial charge on any atom is 0.236 e. The molecule has 1 aliphatic rings. The molecule has 0 N–H and O–H groups in total. The first-order valence-corrected chi connectivity index (χ1v) is 9.51. The molecule has 3 heterocycles. The van der Waals surface area contributed by atoms with Crippen molar-refractivity contribution in [1.29, 1.82) is 0 Å². The number of nitrogens with zero attached hydrogens (tertiary/aromatic N) is 4. The molecule has 0 amide bonds. The molecule has 0 saturated heterocycles. The summed E-state index contributed by atoms with van der Waals surface area (Å²) >= 11 is 0. The number of aliphatic imine (C=N–C) groups is 2. The average Bonchev–Trinajstić information content (AvgIpc) is 3.24. The molecule has 2 aromatic heterocycles. The summed E-state index contributed by atoms with van der Waals surface area (Å²) in [5.41, 5.74) is 4.20. The van der Waals surface area contributed by atoms with E-state index in [2.05, 4.69) is 34.2 Å². The second kappa shape index (κ2) is 7.24. The van der Waals surface area contributed by atoms with Crippen molar-refractivity contribution in [2.75, 3.05) is 0 Å². The Morgan fingerprint density at radius 1 is 0.448 bits per heavy atom. The number of hydrogen-bond acceptors (Lipinski definition) is 4. The third kappa shape index (κ3) is 3.05. The fourth-order valence-corrected chi connectivity index (χ4v) is 3.55. The van der Waals surface area contributed by atoms with Crippen LogP contribution in [-0.2, 0) is 5.66 Å². The van der Waals surface area contributed by atoms with E-state index in [0.29, 0.717) is 0 Å². The molecule has 4 heteroatoms. The largest absolute Gasteiger partial charge is 0.256 e. The monoisotopic (exact) mass is 374 g/mol. The standard InChI is InChI=1S/C25H18N4/c1-3-11-19(12-4-1)23-24(20-13-5-2-6-14-20)29-25(28-23,21-15-7-9-17-26-21)22-16-8-10-18-27-22/h1-18H. The summed E-state index contributed by atoms with van der Waals surface area (Å²) in [5.74, 6) is 0. The quantitative estimate of drug-likeness (QED) is 0.521. The minimum Gasteiger partial charge on any atom is -0.256 e. The van der Waals surface area contributed by atoms with E-state index in [1.807, 2.05) is 72.8 Å². The van der Waals surface area contributed by atoms with Crippen LogP contribution in [0.5, 0.6) is 0 Å². The normalized spacial score (nSPS) is 14.9. The van der Waals surface area contributed by atoms with E-state index in [9.17, 15) is 0 Å². The molecular formula is C25H18N4. The molecule has 0 atom stereocenters. The first-order valence-electron chi connectivity index (χ1n) is 9.51. The minimum atomic E-state index is -1.02. The van der Waals surface area contributed by atoms with Gasteiger partial charge in [0.25, 0.3) is 0 Å². The van der Waals surface area contributed by atoms with Gasteiger partial charge in [-0.05, 0) is 24.3 Å². The van der Waals surface area contributed by atoms with Crippen molar-refractivity contribution in [2.24, 2.45) is 9.98 Å². The molecular weight excluding hydrogens is 356 g/mol. The number of hydrogen-bond donors (Lipinski definition) is 0. The van der Waals surface area contributed by atoms with Gasteiger partial charge in [0.2, 0.25) is 5.66 Å². The van der Waals surface area contributed by atoms with E-state index >= 15 is 0 Å². The molecule has 0 spiro atoms. The van der Waals surface area contributed by atoms with Crippen LogP contribution in [0.3, 0.4) is 0 Å². The van der Waals surface area contributed by atoms with Crippen LogP contribution in [0, 0.1) is 0 Å². The molecule has 4 nitrogen and oxygen atoms in total. The van der Waals surface area contributed by atoms with Gasteiger partial charge in [0, 0.05) is 23.5 Å². The molecule has 0 aliphatic carbocycles. The number of rotatable bonds is 4. The zero-order chi connectivity index (χ0) is 19.5. The van der Waals surface area contributed by atoms with Gasteiger partial charge in [-0.2, -0.15) is 0 Å². The Kier molecular flexibility index (Phi) is 4.30. The molecule has 0 bridgehead atoms. The van der Waals surface area contributed by atoms with Crippen LogP contribution in [0.15, 0.2) is 119 Å². The summed E-state index contributed by atoms with van der Waals surface area (Å²) in [4.78, 5) is 19.6. The summed E-state index contributed by atoms with van der Waals surface area (Å²) in [5, 5.41) is 0. The average molecular weight is 374 g/mol. The Labute approximate surface area is 169 Å². The molecule has 5 rings (SSSR count). The van der Waals surface area contributed by atoms with Crippen LogP contribution in [-0.4, -0.2) is 21.4 Å². The highest BCUT2D eigenvalue weighted by Gasteiger charge is 2.42. The SMILES string of the molecule is c1ccc(C2=NC(c3ccccn3)(c3ccccn3)N=C2c2ccccc2)cc1. The van der Waals surface area contributed by atoms with Crippen LogP contribution >= 0.6 is 0 Å². The first kappa shape index (κ1) is 17.2. The van der Waals surface area contributed by atoms with Crippen molar-refractivity contribution < 1.29 is 0 Å². The van der Waals surface area contributed by atoms with E-state index in [-0.39, 0.29) is 0 Å². The molecule has 4 aromatic rings. The third-order valence-electron chi connectivity index (χ3n) is 4.91. The minimum absolute atomic E-state index is 0.748. The van der Waals surface area contributed by atoms with Gasteiger partial charge in [-0.15, -0.1) is 0 Å². The lowest BCUT2D eigenvalue weighted by molar-refractivity contribution is 0.549. The van der Waals surface area contributed by atoms with Crippen molar-refractivity contribution in [3.63, 3.8) is 0 Å². The Morgan fingerprint density at radius 3 is 1.24 bits per heavy atom. The molecule has 1 aliphatic heterocycles. The lowest BCUT2D eigenvalue weighted by Gasteiger charge is -2.21. The number of benzene rings is 2. The van der Waals surface area contributed by atoms with Crippen LogP contribution in [0.2, 0.25) is 0 Å². The molecule has 0 unspecified atom stereocenters. The van der Waals surface area contributed by atoms with Gasteiger partial charge < -0.3 is 0 Å². The lowest BCUT2D eigenvalue weighted by atomic mass is 10.0. The second-order valence-corrected chi connectivity index (χ2v) is 6.76. The molecule has 0 fully saturated rings. The molecule has 29 heavy (non-hydrogen) atoms. The lowest BCUT2D eigenvalue weighted by Crippen LogP contribution is -2.24. The zero-order valence-electron chi connectivity index (χ0n) is 15.7. The van der Waals surface area contributed by atoms with E-state index < -0.39 is 5.66 Å². The van der Waals surface area contributed by atoms with Crippen LogP contribution in [0.25, 0.3) is 0 Å². The van der Waals surface area contributed by atoms with Crippen molar-refractivity contribution in [3.05, 3.63) is 132 Å². The number of pyridine rings is 2. The maximum absolute atomic E-state index is 5.18. The Hall–Kier alpha value is -3.92. The fourth-order valence-electron chi connectivity index (χ4n) is 3.55. The molecule has 0 radical (unpaired) electrons. The van der Waals surface area contributed by atoms with Crippen molar-refractivity contribution in [2.45, 2.75) is 5.66 Å². The predicted molar refractivity (Wildman–Crippen MR) is 115 cm³/mol. The summed E-state index contributed by atoms with van der Waals surface area (Å²) in [7, 11) is 0. The fraction of sp³-hybridized carbons (Fsp3) is 0.0400. The summed E-state index contributed by atoms with van der Waals surface area (Å²) in [6.07, 6.45) is 3.54. The summed E-state index contributed by atoms with van der Waals surface area (Å²) in [6.45, 7) is 0. The van der Waals surface area contributed by atoms with Gasteiger partial charge in [0.1, 0.15) is 0 Å². The zero-order valence-corrected chi connectivity index (χ0v) is 15.7. The van der Waals surface area contributed by atoms with Gasteiger partial charge in [0.15, 0.2) is 0 Å². The van der Waals surface area contributed by atoms with E-state index in [0.717, 1.165) is 33.9 Å². The van der Waals surface area contributed by atoms with Gasteiger partial charge in [-0.25, -0.2) is 9.98 Å². The highest BCUT2D eigenvalue weighted by molar-refractivity contribution is 6.54. The van der Waals surface area contributed by atoms with E-state index in [1.54, 1.807) is 12.4 Å². The Morgan fingerprint density at radius 2 is 0.862 bits per heavy atom. The van der Waals surface area contributed by atoms with Gasteiger partial charge >= 0.3 is 0 Å². The van der Waals surface area contributed by atoms with Crippen LogP contribution < -0.4 is 0 Å². The maximum atomic E-state index is 5.18. The van der Waals surface area contributed by atoms with Gasteiger partial charge in [-0.3, -0.25) is 9.97 Å². The second-order valence-electron chi connectivity index (χ2n) is 6.76. The predicted octanol–water partition coefficient (Wildman–Crippen LogP) is 4.67. The highest BCUT2D eigenvalue weighted by Crippen LogP contribution is 2.38.